The number of rotatable bonds is 16. The first-order chi connectivity index (χ1) is 46.7. The van der Waals surface area contributed by atoms with E-state index in [0.717, 1.165) is 0 Å². The number of pyridine rings is 4. The zero-order valence-corrected chi connectivity index (χ0v) is 59.7. The Balaban J connectivity index is 0.00000897. The third-order valence-electron chi connectivity index (χ3n) is 16.7. The maximum atomic E-state index is 14.8. The number of hydrogen-bond donors (Lipinski definition) is 0. The second-order valence-electron chi connectivity index (χ2n) is 22.2. The predicted molar refractivity (Wildman–Crippen MR) is 396 cm³/mol. The second kappa shape index (κ2) is 29.4. The summed E-state index contributed by atoms with van der Waals surface area (Å²) in [5.41, 5.74) is 13.2. The molecule has 0 unspecified atom stereocenters. The van der Waals surface area contributed by atoms with Gasteiger partial charge in [0.2, 0.25) is 0 Å². The molecule has 0 spiro atoms. The first-order valence-electron chi connectivity index (χ1n) is 30.9. The van der Waals surface area contributed by atoms with Crippen molar-refractivity contribution in [3.8, 4) is 44.5 Å². The predicted octanol–water partition coefficient (Wildman–Crippen LogP) is 17.9. The van der Waals surface area contributed by atoms with Gasteiger partial charge in [-0.3, -0.25) is 39.1 Å². The Morgan fingerprint density at radius 2 is 0.526 bits per heavy atom. The normalized spacial score (nSPS) is 11.5. The molecule has 0 atom stereocenters. The van der Waals surface area contributed by atoms with Gasteiger partial charge < -0.3 is 29.6 Å². The molecule has 97 heavy (non-hydrogen) atoms. The summed E-state index contributed by atoms with van der Waals surface area (Å²) in [6.07, 6.45) is 21.0. The van der Waals surface area contributed by atoms with Gasteiger partial charge in [0, 0.05) is 139 Å². The molecule has 0 fully saturated rings. The summed E-state index contributed by atoms with van der Waals surface area (Å²) in [5.74, 6) is -0.926. The van der Waals surface area contributed by atoms with Crippen LogP contribution in [0.2, 0.25) is 0 Å². The molecule has 11 aromatic rings. The standard InChI is InChI=1S/C76H56Br4N12O4.Cu/c1-5-89(49-25-33-81-34-26-49)73(93)45-9-13-57(77)53(41-45)69-61-17-19-63(85-61)70(54-42-46(10-14-58(54)78)74(94)90(6-2)50-27-35-82-36-28-50)65-21-23-67(87-65)72(56-44-48(12-16-60(56)80)76(96)92(8-4)52-31-39-84-40-32-52)68-24-22-66(88-68)71(64-20-18-62(69)86-64)55-43-47(11-15-59(55)79)75(95)91(7-3)51-29-37-83-38-30-51;/h9-44H,5-8H2,1-4H3;/q-2;+2. The zero-order chi connectivity index (χ0) is 66.7. The molecule has 21 heteroatoms. The fourth-order valence-electron chi connectivity index (χ4n) is 12.1. The average molecular weight is 1580 g/mol. The number of hydrogen-bond acceptors (Lipinski definition) is 10. The van der Waals surface area contributed by atoms with E-state index >= 15 is 0 Å². The molecule has 483 valence electrons. The zero-order valence-electron chi connectivity index (χ0n) is 52.4. The topological polar surface area (TPSA) is 187 Å². The molecule has 9 heterocycles. The van der Waals surface area contributed by atoms with Gasteiger partial charge in [-0.2, -0.15) is 0 Å². The third-order valence-corrected chi connectivity index (χ3v) is 19.4. The molecule has 0 N–H and O–H groups in total. The van der Waals surface area contributed by atoms with E-state index in [1.54, 1.807) is 142 Å². The number of carbonyl (C=O) groups excluding carboxylic acids is 4. The Morgan fingerprint density at radius 1 is 0.320 bits per heavy atom. The maximum absolute atomic E-state index is 14.8. The average Bonchev–Trinajstić information content (AvgIpc) is 1.65. The number of anilines is 4. The molecule has 13 rings (SSSR count). The fraction of sp³-hybridized carbons (Fsp3) is 0.105. The van der Waals surface area contributed by atoms with Crippen molar-refractivity contribution in [1.82, 2.24) is 39.9 Å². The van der Waals surface area contributed by atoms with E-state index in [4.69, 9.17) is 19.9 Å². The molecular weight excluding hydrogens is 1530 g/mol. The van der Waals surface area contributed by atoms with Crippen molar-refractivity contribution >= 4 is 156 Å². The van der Waals surface area contributed by atoms with Gasteiger partial charge in [-0.25, -0.2) is 9.97 Å². The minimum atomic E-state index is -0.231. The Kier molecular flexibility index (Phi) is 20.4. The quantitative estimate of drug-likeness (QED) is 0.0834. The van der Waals surface area contributed by atoms with Gasteiger partial charge in [-0.1, -0.05) is 88.0 Å². The van der Waals surface area contributed by atoms with Crippen molar-refractivity contribution in [2.45, 2.75) is 27.7 Å². The SMILES string of the molecule is CCN(C(=O)c1ccc(Br)c(-c2c3nc(c(-c4cc(C(=O)N(CC)c5ccncc5)ccc4Br)c4ccc([n-]4)c(-c4cc(C(=O)N(CC)c5ccncc5)ccc4Br)c4nc(c(-c5cc(C(=O)N(CC)c6ccncc6)ccc5Br)c5ccc2[n-]5)C=C4)C=C3)c1)c1ccncc1.[Cu+2]. The van der Waals surface area contributed by atoms with Crippen LogP contribution in [0.15, 0.2) is 213 Å². The van der Waals surface area contributed by atoms with E-state index in [1.165, 1.54) is 0 Å². The van der Waals surface area contributed by atoms with E-state index < -0.39 is 0 Å². The van der Waals surface area contributed by atoms with Crippen LogP contribution in [-0.4, -0.2) is 79.7 Å². The fourth-order valence-corrected chi connectivity index (χ4v) is 13.9. The van der Waals surface area contributed by atoms with E-state index in [0.29, 0.717) is 178 Å². The number of nitrogens with zero attached hydrogens (tertiary/aromatic N) is 12. The van der Waals surface area contributed by atoms with Crippen molar-refractivity contribution in [2.75, 3.05) is 45.8 Å². The molecule has 8 bridgehead atoms. The Bertz CT molecular complexity index is 4500. The smallest absolute Gasteiger partial charge is 0.657 e. The van der Waals surface area contributed by atoms with Crippen LogP contribution >= 0.6 is 63.7 Å². The largest absolute Gasteiger partial charge is 2.00 e. The van der Waals surface area contributed by atoms with Gasteiger partial charge in [-0.05, 0) is 218 Å². The van der Waals surface area contributed by atoms with Crippen molar-refractivity contribution in [1.29, 1.82) is 0 Å². The van der Waals surface area contributed by atoms with Gasteiger partial charge in [0.15, 0.2) is 0 Å². The van der Waals surface area contributed by atoms with Gasteiger partial charge in [-0.15, -0.1) is 22.1 Å². The van der Waals surface area contributed by atoms with Crippen LogP contribution in [0.1, 0.15) is 91.9 Å². The van der Waals surface area contributed by atoms with Gasteiger partial charge in [0.1, 0.15) is 0 Å². The van der Waals surface area contributed by atoms with Gasteiger partial charge >= 0.3 is 17.1 Å². The van der Waals surface area contributed by atoms with Crippen LogP contribution in [0.4, 0.5) is 22.7 Å². The number of amides is 4. The number of carbonyl (C=O) groups is 4. The molecule has 2 aliphatic rings. The van der Waals surface area contributed by atoms with E-state index in [1.807, 2.05) is 125 Å². The van der Waals surface area contributed by atoms with Crippen molar-refractivity contribution < 1.29 is 36.2 Å². The maximum Gasteiger partial charge on any atom is 2.00 e. The Morgan fingerprint density at radius 3 is 0.722 bits per heavy atom. The summed E-state index contributed by atoms with van der Waals surface area (Å²) >= 11 is 15.7. The molecule has 4 amide bonds. The number of fused-ring (bicyclic) bond motifs is 8. The van der Waals surface area contributed by atoms with Crippen LogP contribution in [0.5, 0.6) is 0 Å². The summed E-state index contributed by atoms with van der Waals surface area (Å²) in [5, 5.41) is 0. The molecule has 0 aliphatic carbocycles. The molecule has 16 nitrogen and oxygen atoms in total. The molecule has 0 saturated carbocycles. The molecule has 1 radical (unpaired) electrons. The van der Waals surface area contributed by atoms with Crippen LogP contribution in [0.25, 0.3) is 90.9 Å². The van der Waals surface area contributed by atoms with E-state index in [9.17, 15) is 19.2 Å². The molecular formula is C76H56Br4CuN12O4. The van der Waals surface area contributed by atoms with Crippen LogP contribution < -0.4 is 29.6 Å². The Labute approximate surface area is 603 Å². The monoisotopic (exact) mass is 1580 g/mol. The van der Waals surface area contributed by atoms with Crippen LogP contribution in [-0.2, 0) is 17.1 Å². The second-order valence-corrected chi connectivity index (χ2v) is 25.6. The first-order valence-corrected chi connectivity index (χ1v) is 34.1. The Hall–Kier alpha value is -9.60. The molecule has 7 aromatic heterocycles. The van der Waals surface area contributed by atoms with E-state index in [-0.39, 0.29) is 40.7 Å². The summed E-state index contributed by atoms with van der Waals surface area (Å²) in [4.78, 5) is 105. The van der Waals surface area contributed by atoms with Crippen LogP contribution in [0, 0.1) is 0 Å². The number of halogens is 4. The summed E-state index contributed by atoms with van der Waals surface area (Å²) in [6.45, 7) is 9.25. The number of benzene rings is 4. The molecule has 4 aromatic carbocycles. The third kappa shape index (κ3) is 13.4. The summed E-state index contributed by atoms with van der Waals surface area (Å²) in [6, 6.07) is 44.2. The van der Waals surface area contributed by atoms with Gasteiger partial charge in [0.05, 0.1) is 22.8 Å². The molecule has 2 aliphatic heterocycles. The van der Waals surface area contributed by atoms with Crippen molar-refractivity contribution in [2.24, 2.45) is 0 Å². The van der Waals surface area contributed by atoms with Crippen LogP contribution in [0.3, 0.4) is 0 Å². The van der Waals surface area contributed by atoms with Gasteiger partial charge in [0.25, 0.3) is 23.6 Å². The summed E-state index contributed by atoms with van der Waals surface area (Å²) < 4.78 is 2.65. The minimum Gasteiger partial charge on any atom is -0.657 e. The molecule has 0 saturated heterocycles. The van der Waals surface area contributed by atoms with Crippen molar-refractivity contribution in [3.05, 3.63) is 258 Å². The number of aromatic nitrogens is 8. The van der Waals surface area contributed by atoms with E-state index in [2.05, 4.69) is 83.7 Å². The van der Waals surface area contributed by atoms with Crippen molar-refractivity contribution in [3.63, 3.8) is 0 Å². The minimum absolute atomic E-state index is 0. The first kappa shape index (κ1) is 67.4. The summed E-state index contributed by atoms with van der Waals surface area (Å²) in [7, 11) is 0.